The quantitative estimate of drug-likeness (QED) is 0.201. The van der Waals surface area contributed by atoms with Crippen molar-refractivity contribution in [2.24, 2.45) is 0 Å². The van der Waals surface area contributed by atoms with Crippen LogP contribution in [0, 0.1) is 6.92 Å². The molecule has 1 fully saturated rings. The van der Waals surface area contributed by atoms with Gasteiger partial charge in [0, 0.05) is 45.0 Å². The lowest BCUT2D eigenvalue weighted by Crippen LogP contribution is -2.47. The summed E-state index contributed by atoms with van der Waals surface area (Å²) < 4.78 is 0. The number of anilines is 1. The molecule has 7 heteroatoms. The van der Waals surface area contributed by atoms with Gasteiger partial charge in [-0.2, -0.15) is 0 Å². The van der Waals surface area contributed by atoms with Crippen molar-refractivity contribution in [2.45, 2.75) is 84.2 Å². The molecule has 1 heterocycles. The fourth-order valence-electron chi connectivity index (χ4n) is 5.29. The Morgan fingerprint density at radius 2 is 1.51 bits per heavy atom. The molecule has 3 N–H and O–H groups in total. The third-order valence-electron chi connectivity index (χ3n) is 7.73. The zero-order valence-electron chi connectivity index (χ0n) is 24.0. The Labute approximate surface area is 242 Å². The predicted octanol–water partition coefficient (Wildman–Crippen LogP) is 6.63. The largest absolute Gasteiger partial charge is 0.507 e. The number of hydrogen-bond donors (Lipinski definition) is 3. The number of rotatable bonds is 16. The smallest absolute Gasteiger partial charge is 0.255 e. The number of carbonyl (C=O) groups excluding carboxylic acids is 1. The summed E-state index contributed by atoms with van der Waals surface area (Å²) in [5.74, 6) is -0.326. The molecular formula is C32H50ClN3O3. The van der Waals surface area contributed by atoms with Crippen LogP contribution < -0.4 is 10.2 Å². The molecule has 3 rings (SSSR count). The normalized spacial score (nSPS) is 14.6. The maximum atomic E-state index is 12.7. The van der Waals surface area contributed by atoms with Crippen LogP contribution in [0.25, 0.3) is 0 Å². The second kappa shape index (κ2) is 18.1. The van der Waals surface area contributed by atoms with Crippen molar-refractivity contribution in [3.8, 4) is 5.75 Å². The molecule has 218 valence electrons. The Bertz CT molecular complexity index is 979. The second-order valence-electron chi connectivity index (χ2n) is 10.8. The van der Waals surface area contributed by atoms with Crippen LogP contribution in [0.5, 0.6) is 5.75 Å². The fourth-order valence-corrected chi connectivity index (χ4v) is 5.29. The summed E-state index contributed by atoms with van der Waals surface area (Å²) in [7, 11) is 0. The summed E-state index contributed by atoms with van der Waals surface area (Å²) in [6, 6.07) is 13.3. The number of benzene rings is 2. The summed E-state index contributed by atoms with van der Waals surface area (Å²) in [4.78, 5) is 17.4. The molecule has 0 saturated carbocycles. The number of nitrogens with one attached hydrogen (secondary N) is 1. The number of aliphatic hydroxyl groups is 1. The topological polar surface area (TPSA) is 76.0 Å². The molecular weight excluding hydrogens is 510 g/mol. The number of β-amino-alcohol motifs (C(OH)–C–C–N with tert-alkyl or cyclic N) is 1. The van der Waals surface area contributed by atoms with Gasteiger partial charge in [-0.25, -0.2) is 0 Å². The van der Waals surface area contributed by atoms with Gasteiger partial charge in [-0.1, -0.05) is 89.0 Å². The Morgan fingerprint density at radius 1 is 0.897 bits per heavy atom. The summed E-state index contributed by atoms with van der Waals surface area (Å²) in [5, 5.41) is 24.1. The van der Waals surface area contributed by atoms with E-state index in [1.54, 1.807) is 12.1 Å². The molecule has 6 nitrogen and oxygen atoms in total. The molecule has 1 amide bonds. The zero-order valence-corrected chi connectivity index (χ0v) is 24.9. The van der Waals surface area contributed by atoms with Gasteiger partial charge in [-0.15, -0.1) is 12.4 Å². The van der Waals surface area contributed by atoms with Crippen LogP contribution >= 0.6 is 12.4 Å². The Morgan fingerprint density at radius 3 is 2.15 bits per heavy atom. The predicted molar refractivity (Wildman–Crippen MR) is 164 cm³/mol. The molecule has 1 unspecified atom stereocenters. The van der Waals surface area contributed by atoms with Gasteiger partial charge >= 0.3 is 0 Å². The number of amides is 1. The second-order valence-corrected chi connectivity index (χ2v) is 10.8. The number of carbonyl (C=O) groups is 1. The van der Waals surface area contributed by atoms with Crippen molar-refractivity contribution in [2.75, 3.05) is 44.2 Å². The van der Waals surface area contributed by atoms with E-state index in [0.29, 0.717) is 18.7 Å². The van der Waals surface area contributed by atoms with E-state index in [-0.39, 0.29) is 29.6 Å². The number of hydrogen-bond acceptors (Lipinski definition) is 5. The molecule has 0 radical (unpaired) electrons. The molecule has 39 heavy (non-hydrogen) atoms. The van der Waals surface area contributed by atoms with Crippen LogP contribution in [0.4, 0.5) is 5.69 Å². The first-order valence-corrected chi connectivity index (χ1v) is 14.8. The SMILES string of the molecule is CCCCCCCCCCCCNC(=O)c1cc(C(O)CN2CCN(c3ccccc3C)CC2)ccc1O.Cl. The molecule has 0 aliphatic carbocycles. The number of aliphatic hydroxyl groups excluding tert-OH is 1. The van der Waals surface area contributed by atoms with Crippen LogP contribution in [0.3, 0.4) is 0 Å². The molecule has 0 aromatic heterocycles. The summed E-state index contributed by atoms with van der Waals surface area (Å²) in [6.07, 6.45) is 11.8. The highest BCUT2D eigenvalue weighted by Crippen LogP contribution is 2.25. The highest BCUT2D eigenvalue weighted by atomic mass is 35.5. The van der Waals surface area contributed by atoms with E-state index in [4.69, 9.17) is 0 Å². The van der Waals surface area contributed by atoms with Gasteiger partial charge in [0.25, 0.3) is 5.91 Å². The third kappa shape index (κ3) is 11.0. The maximum Gasteiger partial charge on any atom is 0.255 e. The lowest BCUT2D eigenvalue weighted by atomic mass is 10.0. The summed E-state index contributed by atoms with van der Waals surface area (Å²) in [5.41, 5.74) is 3.45. The lowest BCUT2D eigenvalue weighted by molar-refractivity contribution is 0.0948. The minimum Gasteiger partial charge on any atom is -0.507 e. The molecule has 2 aromatic rings. The van der Waals surface area contributed by atoms with E-state index in [1.165, 1.54) is 68.7 Å². The van der Waals surface area contributed by atoms with Crippen molar-refractivity contribution in [3.05, 3.63) is 59.2 Å². The molecule has 0 spiro atoms. The van der Waals surface area contributed by atoms with E-state index >= 15 is 0 Å². The number of piperazine rings is 1. The standard InChI is InChI=1S/C32H49N3O3.ClH/c1-3-4-5-6-7-8-9-10-11-14-19-33-32(38)28-24-27(17-18-30(28)36)31(37)25-34-20-22-35(23-21-34)29-16-13-12-15-26(29)2;/h12-13,15-18,24,31,36-37H,3-11,14,19-23,25H2,1-2H3,(H,33,38);1H. The molecule has 2 aromatic carbocycles. The average Bonchev–Trinajstić information content (AvgIpc) is 2.92. The Balaban J connectivity index is 0.00000533. The van der Waals surface area contributed by atoms with Crippen molar-refractivity contribution in [3.63, 3.8) is 0 Å². The number of phenols is 1. The van der Waals surface area contributed by atoms with E-state index in [2.05, 4.69) is 53.2 Å². The summed E-state index contributed by atoms with van der Waals surface area (Å²) in [6.45, 7) is 9.07. The van der Waals surface area contributed by atoms with Gasteiger partial charge in [0.05, 0.1) is 11.7 Å². The number of halogens is 1. The van der Waals surface area contributed by atoms with Gasteiger partial charge in [-0.05, 0) is 42.7 Å². The van der Waals surface area contributed by atoms with E-state index < -0.39 is 6.10 Å². The first-order chi connectivity index (χ1) is 18.5. The minimum absolute atomic E-state index is 0. The highest BCUT2D eigenvalue weighted by molar-refractivity contribution is 5.97. The van der Waals surface area contributed by atoms with Gasteiger partial charge in [0.1, 0.15) is 5.75 Å². The monoisotopic (exact) mass is 559 g/mol. The van der Waals surface area contributed by atoms with Crippen molar-refractivity contribution < 1.29 is 15.0 Å². The van der Waals surface area contributed by atoms with Crippen LogP contribution in [-0.2, 0) is 0 Å². The number of aromatic hydroxyl groups is 1. The molecule has 1 atom stereocenters. The van der Waals surface area contributed by atoms with E-state index in [0.717, 1.165) is 39.0 Å². The highest BCUT2D eigenvalue weighted by Gasteiger charge is 2.22. The van der Waals surface area contributed by atoms with Gasteiger partial charge in [0.2, 0.25) is 0 Å². The fraction of sp³-hybridized carbons (Fsp3) is 0.594. The van der Waals surface area contributed by atoms with Crippen molar-refractivity contribution in [1.82, 2.24) is 10.2 Å². The van der Waals surface area contributed by atoms with Crippen LogP contribution in [0.1, 0.15) is 98.7 Å². The van der Waals surface area contributed by atoms with Gasteiger partial charge in [0.15, 0.2) is 0 Å². The van der Waals surface area contributed by atoms with Gasteiger partial charge < -0.3 is 20.4 Å². The maximum absolute atomic E-state index is 12.7. The summed E-state index contributed by atoms with van der Waals surface area (Å²) >= 11 is 0. The van der Waals surface area contributed by atoms with Crippen LogP contribution in [0.2, 0.25) is 0 Å². The number of phenolic OH excluding ortho intramolecular Hbond substituents is 1. The number of nitrogens with zero attached hydrogens (tertiary/aromatic N) is 2. The lowest BCUT2D eigenvalue weighted by Gasteiger charge is -2.37. The molecule has 1 aliphatic heterocycles. The average molecular weight is 560 g/mol. The van der Waals surface area contributed by atoms with Gasteiger partial charge in [-0.3, -0.25) is 9.69 Å². The van der Waals surface area contributed by atoms with Crippen molar-refractivity contribution >= 4 is 24.0 Å². The molecule has 1 saturated heterocycles. The van der Waals surface area contributed by atoms with Crippen LogP contribution in [-0.4, -0.2) is 60.3 Å². The number of para-hydroxylation sites is 1. The van der Waals surface area contributed by atoms with E-state index in [1.807, 2.05) is 0 Å². The van der Waals surface area contributed by atoms with Crippen LogP contribution in [0.15, 0.2) is 42.5 Å². The van der Waals surface area contributed by atoms with Crippen molar-refractivity contribution in [1.29, 1.82) is 0 Å². The zero-order chi connectivity index (χ0) is 27.2. The van der Waals surface area contributed by atoms with E-state index in [9.17, 15) is 15.0 Å². The minimum atomic E-state index is -0.714. The Kier molecular flexibility index (Phi) is 15.3. The third-order valence-corrected chi connectivity index (χ3v) is 7.73. The Hall–Kier alpha value is -2.28. The molecule has 0 bridgehead atoms. The first kappa shape index (κ1) is 32.9. The first-order valence-electron chi connectivity index (χ1n) is 14.8. The molecule has 1 aliphatic rings. The number of unbranched alkanes of at least 4 members (excludes halogenated alkanes) is 9. The number of aryl methyl sites for hydroxylation is 1.